The van der Waals surface area contributed by atoms with E-state index >= 15 is 0 Å². The molecular formula is C35H56N12O14S2. The van der Waals surface area contributed by atoms with Crippen molar-refractivity contribution in [3.8, 4) is 0 Å². The maximum atomic E-state index is 13.8. The summed E-state index contributed by atoms with van der Waals surface area (Å²) in [5, 5.41) is 27.9. The second-order valence-electron chi connectivity index (χ2n) is 14.7. The number of amides is 12. The Bertz CT molecular complexity index is 1790. The molecule has 0 saturated carbocycles. The molecule has 1 aliphatic rings. The first-order valence-electron chi connectivity index (χ1n) is 19.3. The second kappa shape index (κ2) is 26.3. The van der Waals surface area contributed by atoms with Crippen LogP contribution in [0.15, 0.2) is 0 Å². The summed E-state index contributed by atoms with van der Waals surface area (Å²) in [6.45, 7) is 7.24. The quantitative estimate of drug-likeness (QED) is 0.0764. The maximum absolute atomic E-state index is 13.8. The van der Waals surface area contributed by atoms with Crippen molar-refractivity contribution in [3.63, 3.8) is 0 Å². The van der Waals surface area contributed by atoms with Crippen LogP contribution in [0.3, 0.4) is 0 Å². The van der Waals surface area contributed by atoms with Gasteiger partial charge in [-0.15, -0.1) is 0 Å². The molecule has 17 N–H and O–H groups in total. The lowest BCUT2D eigenvalue weighted by molar-refractivity contribution is -0.142. The highest BCUT2D eigenvalue weighted by Crippen LogP contribution is 2.23. The van der Waals surface area contributed by atoms with Gasteiger partial charge in [-0.25, -0.2) is 0 Å². The van der Waals surface area contributed by atoms with Crippen molar-refractivity contribution in [2.45, 2.75) is 115 Å². The number of hydrogen-bond acceptors (Lipinski definition) is 15. The fraction of sp³-hybridized carbons (Fsp3) is 0.629. The van der Waals surface area contributed by atoms with Gasteiger partial charge in [0.1, 0.15) is 48.3 Å². The fourth-order valence-electron chi connectivity index (χ4n) is 5.56. The summed E-state index contributed by atoms with van der Waals surface area (Å²) in [6, 6.07) is -13.4. The molecule has 9 atom stereocenters. The van der Waals surface area contributed by atoms with E-state index in [9.17, 15) is 67.4 Å². The van der Waals surface area contributed by atoms with Crippen molar-refractivity contribution in [3.05, 3.63) is 0 Å². The molecule has 0 aromatic carbocycles. The minimum absolute atomic E-state index is 0.176. The molecule has 1 aliphatic heterocycles. The van der Waals surface area contributed by atoms with Crippen LogP contribution in [0.1, 0.15) is 66.7 Å². The molecule has 1 saturated heterocycles. The van der Waals surface area contributed by atoms with E-state index in [4.69, 9.17) is 22.9 Å². The Hall–Kier alpha value is -6.19. The zero-order chi connectivity index (χ0) is 48.3. The van der Waals surface area contributed by atoms with Gasteiger partial charge in [0.2, 0.25) is 70.9 Å². The molecule has 1 rings (SSSR count). The summed E-state index contributed by atoms with van der Waals surface area (Å²) in [5.41, 5.74) is 21.4. The first-order valence-corrected chi connectivity index (χ1v) is 21.8. The topological polar surface area (TPSA) is 442 Å². The summed E-state index contributed by atoms with van der Waals surface area (Å²) in [4.78, 5) is 168. The van der Waals surface area contributed by atoms with Gasteiger partial charge in [0.05, 0.1) is 25.7 Å². The van der Waals surface area contributed by atoms with E-state index in [1.165, 1.54) is 20.8 Å². The number of primary amides is 4. The van der Waals surface area contributed by atoms with E-state index in [-0.39, 0.29) is 17.9 Å². The highest BCUT2D eigenvalue weighted by atomic mass is 33.1. The smallest absolute Gasteiger partial charge is 0.305 e. The molecule has 0 aliphatic carbocycles. The minimum atomic E-state index is -1.95. The van der Waals surface area contributed by atoms with E-state index in [0.717, 1.165) is 28.5 Å². The minimum Gasteiger partial charge on any atom is -0.481 e. The van der Waals surface area contributed by atoms with E-state index in [1.807, 2.05) is 0 Å². The molecule has 0 bridgehead atoms. The Morgan fingerprint density at radius 1 is 0.587 bits per heavy atom. The Balaban J connectivity index is 3.91. The Morgan fingerprint density at radius 2 is 0.968 bits per heavy atom. The predicted octanol–water partition coefficient (Wildman–Crippen LogP) is -6.43. The van der Waals surface area contributed by atoms with Crippen LogP contribution in [-0.2, 0) is 62.3 Å². The summed E-state index contributed by atoms with van der Waals surface area (Å²) >= 11 is 0. The molecule has 0 radical (unpaired) electrons. The third-order valence-electron chi connectivity index (χ3n) is 9.07. The van der Waals surface area contributed by atoms with Crippen molar-refractivity contribution in [2.75, 3.05) is 11.5 Å². The molecule has 0 aromatic heterocycles. The van der Waals surface area contributed by atoms with Crippen molar-refractivity contribution in [2.24, 2.45) is 34.8 Å². The number of nitrogens with one attached hydrogen (secondary N) is 8. The number of carboxylic acids is 1. The molecular weight excluding hydrogens is 877 g/mol. The van der Waals surface area contributed by atoms with Gasteiger partial charge in [0.25, 0.3) is 0 Å². The van der Waals surface area contributed by atoms with Gasteiger partial charge in [-0.1, -0.05) is 55.7 Å². The van der Waals surface area contributed by atoms with Crippen LogP contribution < -0.4 is 65.5 Å². The third-order valence-corrected chi connectivity index (χ3v) is 11.5. The van der Waals surface area contributed by atoms with Gasteiger partial charge < -0.3 is 70.6 Å². The van der Waals surface area contributed by atoms with Crippen molar-refractivity contribution in [1.29, 1.82) is 0 Å². The summed E-state index contributed by atoms with van der Waals surface area (Å²) in [6.07, 6.45) is -3.60. The molecule has 1 fully saturated rings. The van der Waals surface area contributed by atoms with Gasteiger partial charge in [-0.2, -0.15) is 0 Å². The lowest BCUT2D eigenvalue weighted by atomic mass is 9.96. The molecule has 26 nitrogen and oxygen atoms in total. The number of carboxylic acid groups (broad SMARTS) is 1. The average Bonchev–Trinajstić information content (AvgIpc) is 3.16. The average molecular weight is 933 g/mol. The van der Waals surface area contributed by atoms with Crippen LogP contribution in [-0.4, -0.2) is 142 Å². The van der Waals surface area contributed by atoms with E-state index in [0.29, 0.717) is 0 Å². The van der Waals surface area contributed by atoms with Gasteiger partial charge in [-0.05, 0) is 11.8 Å². The van der Waals surface area contributed by atoms with Gasteiger partial charge >= 0.3 is 5.97 Å². The van der Waals surface area contributed by atoms with Crippen LogP contribution in [0.5, 0.6) is 0 Å². The monoisotopic (exact) mass is 932 g/mol. The molecule has 0 aromatic rings. The first kappa shape index (κ1) is 54.8. The second-order valence-corrected chi connectivity index (χ2v) is 17.3. The lowest BCUT2D eigenvalue weighted by Crippen LogP contribution is -2.62. The number of aliphatic carboxylic acids is 1. The maximum Gasteiger partial charge on any atom is 0.305 e. The largest absolute Gasteiger partial charge is 0.481 e. The molecule has 28 heteroatoms. The normalized spacial score (nSPS) is 25.9. The van der Waals surface area contributed by atoms with E-state index in [2.05, 4.69) is 42.5 Å². The highest BCUT2D eigenvalue weighted by Gasteiger charge is 2.38. The molecule has 352 valence electrons. The lowest BCUT2D eigenvalue weighted by Gasteiger charge is -2.30. The number of rotatable bonds is 13. The highest BCUT2D eigenvalue weighted by molar-refractivity contribution is 8.76. The van der Waals surface area contributed by atoms with Crippen LogP contribution in [0, 0.1) is 11.8 Å². The Labute approximate surface area is 368 Å². The van der Waals surface area contributed by atoms with Crippen LogP contribution in [0.25, 0.3) is 0 Å². The Morgan fingerprint density at radius 3 is 1.37 bits per heavy atom. The molecule has 63 heavy (non-hydrogen) atoms. The summed E-state index contributed by atoms with van der Waals surface area (Å²) in [7, 11) is 1.79. The number of carbonyl (C=O) groups is 13. The number of hydrogen-bond donors (Lipinski definition) is 13. The summed E-state index contributed by atoms with van der Waals surface area (Å²) in [5.74, 6) is -16.8. The predicted molar refractivity (Wildman–Crippen MR) is 223 cm³/mol. The summed E-state index contributed by atoms with van der Waals surface area (Å²) < 4.78 is 0. The Kier molecular flexibility index (Phi) is 22.9. The van der Waals surface area contributed by atoms with E-state index < -0.39 is 163 Å². The van der Waals surface area contributed by atoms with Gasteiger partial charge in [-0.3, -0.25) is 62.3 Å². The fourth-order valence-corrected chi connectivity index (χ4v) is 7.90. The van der Waals surface area contributed by atoms with Gasteiger partial charge in [0, 0.05) is 18.4 Å². The zero-order valence-electron chi connectivity index (χ0n) is 35.1. The molecule has 3 unspecified atom stereocenters. The van der Waals surface area contributed by atoms with Crippen LogP contribution in [0.2, 0.25) is 0 Å². The van der Waals surface area contributed by atoms with Crippen LogP contribution >= 0.6 is 21.6 Å². The molecule has 0 spiro atoms. The first-order chi connectivity index (χ1) is 29.3. The molecule has 1 heterocycles. The number of carbonyl (C=O) groups excluding carboxylic acids is 12. The number of nitrogens with two attached hydrogens (primary N) is 4. The van der Waals surface area contributed by atoms with Crippen molar-refractivity contribution < 1.29 is 67.4 Å². The molecule has 12 amide bonds. The van der Waals surface area contributed by atoms with Crippen molar-refractivity contribution >= 4 is 98.4 Å². The standard InChI is InChI=1S/C35H56N12O14S2/c1-6-14(4)27-35(61)43-18(9-24(38)51)30(56)41-16(7-22(36)49)29(55)42-17(8-23(37)50)31(57)45-20(28(39)54)11-62-63-12-21(40-15(5)48)33(59)46-26(13(2)3)34(60)44-19(10-25(52)53)32(58)47-27/h13-14,16-21,26-27H,6-12H2,1-5H3,(H2,36,49)(H2,37,50)(H2,38,51)(H2,39,54)(H,40,48)(H,41,56)(H,42,55)(H,43,61)(H,44,60)(H,45,57)(H,46,59)(H,47,58)(H,52,53)/t14-,16?,17-,18-,19?,20-,21?,26-,27-/m0/s1. The van der Waals surface area contributed by atoms with Crippen molar-refractivity contribution in [1.82, 2.24) is 42.5 Å². The zero-order valence-corrected chi connectivity index (χ0v) is 36.7. The van der Waals surface area contributed by atoms with E-state index in [1.54, 1.807) is 6.92 Å². The van der Waals surface area contributed by atoms with Crippen LogP contribution in [0.4, 0.5) is 0 Å². The SMILES string of the molecule is CC[C@H](C)[C@@H]1NC(=O)C(CC(=O)O)NC(=O)[C@H](C(C)C)NC(=O)C(NC(C)=O)CSSC[C@@H](C(N)=O)NC(=O)[C@H](CC(N)=O)NC(=O)C(CC(N)=O)NC(=O)[C@H](CC(N)=O)NC1=O. The third kappa shape index (κ3) is 19.6. The van der Waals surface area contributed by atoms with Gasteiger partial charge in [0.15, 0.2) is 0 Å².